The van der Waals surface area contributed by atoms with E-state index in [1.807, 2.05) is 25.2 Å². The summed E-state index contributed by atoms with van der Waals surface area (Å²) in [6.45, 7) is 2.14. The Morgan fingerprint density at radius 2 is 2.18 bits per heavy atom. The molecule has 3 heteroatoms. The SMILES string of the molecule is CNC(Cc1cccc(Cl)c1)c1csc(C)c1. The molecule has 0 aliphatic heterocycles. The number of rotatable bonds is 4. The molecule has 0 amide bonds. The summed E-state index contributed by atoms with van der Waals surface area (Å²) < 4.78 is 0. The van der Waals surface area contributed by atoms with Crippen molar-refractivity contribution in [2.75, 3.05) is 7.05 Å². The van der Waals surface area contributed by atoms with E-state index in [4.69, 9.17) is 11.6 Å². The Bertz CT molecular complexity index is 492. The van der Waals surface area contributed by atoms with Crippen molar-refractivity contribution in [3.05, 3.63) is 56.7 Å². The fourth-order valence-electron chi connectivity index (χ4n) is 1.93. The van der Waals surface area contributed by atoms with Crippen LogP contribution in [0.15, 0.2) is 35.7 Å². The molecule has 1 nitrogen and oxygen atoms in total. The van der Waals surface area contributed by atoms with Crippen molar-refractivity contribution in [1.29, 1.82) is 0 Å². The standard InChI is InChI=1S/C14H16ClNS/c1-10-6-12(9-17-10)14(16-2)8-11-4-3-5-13(15)7-11/h3-7,9,14,16H,8H2,1-2H3. The molecule has 90 valence electrons. The zero-order valence-electron chi connectivity index (χ0n) is 10.0. The molecule has 0 saturated carbocycles. The zero-order valence-corrected chi connectivity index (χ0v) is 11.6. The van der Waals surface area contributed by atoms with Gasteiger partial charge in [-0.1, -0.05) is 23.7 Å². The molecule has 1 aromatic heterocycles. The first-order chi connectivity index (χ1) is 8.19. The van der Waals surface area contributed by atoms with Gasteiger partial charge in [0.2, 0.25) is 0 Å². The lowest BCUT2D eigenvalue weighted by molar-refractivity contribution is 0.594. The number of hydrogen-bond acceptors (Lipinski definition) is 2. The van der Waals surface area contributed by atoms with Gasteiger partial charge in [0.1, 0.15) is 0 Å². The summed E-state index contributed by atoms with van der Waals surface area (Å²) in [6, 6.07) is 10.7. The maximum atomic E-state index is 6.00. The molecule has 1 atom stereocenters. The van der Waals surface area contributed by atoms with Gasteiger partial charge in [0, 0.05) is 15.9 Å². The molecule has 0 aliphatic carbocycles. The summed E-state index contributed by atoms with van der Waals surface area (Å²) in [6.07, 6.45) is 0.966. The Morgan fingerprint density at radius 3 is 2.76 bits per heavy atom. The van der Waals surface area contributed by atoms with Crippen LogP contribution in [0.1, 0.15) is 22.0 Å². The van der Waals surface area contributed by atoms with Crippen LogP contribution < -0.4 is 5.32 Å². The van der Waals surface area contributed by atoms with Gasteiger partial charge in [0.15, 0.2) is 0 Å². The van der Waals surface area contributed by atoms with Crippen LogP contribution in [-0.2, 0) is 6.42 Å². The Labute approximate surface area is 111 Å². The third-order valence-corrected chi connectivity index (χ3v) is 3.95. The maximum Gasteiger partial charge on any atom is 0.0408 e. The zero-order chi connectivity index (χ0) is 12.3. The van der Waals surface area contributed by atoms with Crippen LogP contribution in [0.4, 0.5) is 0 Å². The van der Waals surface area contributed by atoms with Gasteiger partial charge in [-0.15, -0.1) is 11.3 Å². The lowest BCUT2D eigenvalue weighted by atomic mass is 10.0. The van der Waals surface area contributed by atoms with Crippen LogP contribution in [0, 0.1) is 6.92 Å². The van der Waals surface area contributed by atoms with Crippen LogP contribution >= 0.6 is 22.9 Å². The topological polar surface area (TPSA) is 12.0 Å². The highest BCUT2D eigenvalue weighted by atomic mass is 35.5. The Hall–Kier alpha value is -0.830. The fraction of sp³-hybridized carbons (Fsp3) is 0.286. The summed E-state index contributed by atoms with van der Waals surface area (Å²) in [4.78, 5) is 1.35. The quantitative estimate of drug-likeness (QED) is 0.873. The third kappa shape index (κ3) is 3.32. The summed E-state index contributed by atoms with van der Waals surface area (Å²) in [5.41, 5.74) is 2.62. The average molecular weight is 266 g/mol. The first kappa shape index (κ1) is 12.6. The molecule has 0 fully saturated rings. The van der Waals surface area contributed by atoms with Crippen LogP contribution in [-0.4, -0.2) is 7.05 Å². The second kappa shape index (κ2) is 5.67. The number of hydrogen-bond donors (Lipinski definition) is 1. The summed E-state index contributed by atoms with van der Waals surface area (Å²) in [7, 11) is 2.00. The number of nitrogens with one attached hydrogen (secondary N) is 1. The van der Waals surface area contributed by atoms with E-state index < -0.39 is 0 Å². The van der Waals surface area contributed by atoms with E-state index in [1.54, 1.807) is 11.3 Å². The first-order valence-electron chi connectivity index (χ1n) is 5.66. The summed E-state index contributed by atoms with van der Waals surface area (Å²) in [5, 5.41) is 6.39. The van der Waals surface area contributed by atoms with Crippen molar-refractivity contribution < 1.29 is 0 Å². The molecular formula is C14H16ClNS. The second-order valence-electron chi connectivity index (χ2n) is 4.17. The molecule has 0 bridgehead atoms. The van der Waals surface area contributed by atoms with Gasteiger partial charge in [-0.2, -0.15) is 0 Å². The van der Waals surface area contributed by atoms with E-state index in [9.17, 15) is 0 Å². The van der Waals surface area contributed by atoms with Gasteiger partial charge in [-0.25, -0.2) is 0 Å². The van der Waals surface area contributed by atoms with Gasteiger partial charge >= 0.3 is 0 Å². The molecule has 1 unspecified atom stereocenters. The van der Waals surface area contributed by atoms with Crippen molar-refractivity contribution >= 4 is 22.9 Å². The largest absolute Gasteiger partial charge is 0.313 e. The van der Waals surface area contributed by atoms with E-state index in [1.165, 1.54) is 16.0 Å². The van der Waals surface area contributed by atoms with Crippen LogP contribution in [0.2, 0.25) is 5.02 Å². The molecule has 17 heavy (non-hydrogen) atoms. The van der Waals surface area contributed by atoms with E-state index >= 15 is 0 Å². The molecule has 1 aromatic carbocycles. The number of benzene rings is 1. The molecule has 0 saturated heterocycles. The smallest absolute Gasteiger partial charge is 0.0408 e. The van der Waals surface area contributed by atoms with Crippen molar-refractivity contribution in [2.24, 2.45) is 0 Å². The second-order valence-corrected chi connectivity index (χ2v) is 5.72. The van der Waals surface area contributed by atoms with E-state index in [0.29, 0.717) is 6.04 Å². The van der Waals surface area contributed by atoms with Gasteiger partial charge in [0.05, 0.1) is 0 Å². The maximum absolute atomic E-state index is 6.00. The molecule has 2 aromatic rings. The molecule has 2 rings (SSSR count). The van der Waals surface area contributed by atoms with E-state index in [-0.39, 0.29) is 0 Å². The Morgan fingerprint density at radius 1 is 1.35 bits per heavy atom. The van der Waals surface area contributed by atoms with Gasteiger partial charge in [0.25, 0.3) is 0 Å². The van der Waals surface area contributed by atoms with E-state index in [2.05, 4.69) is 29.8 Å². The van der Waals surface area contributed by atoms with E-state index in [0.717, 1.165) is 11.4 Å². The minimum Gasteiger partial charge on any atom is -0.313 e. The minimum atomic E-state index is 0.360. The van der Waals surface area contributed by atoms with Crippen LogP contribution in [0.25, 0.3) is 0 Å². The van der Waals surface area contributed by atoms with Crippen LogP contribution in [0.3, 0.4) is 0 Å². The van der Waals surface area contributed by atoms with Crippen molar-refractivity contribution in [2.45, 2.75) is 19.4 Å². The number of halogens is 1. The number of thiophene rings is 1. The molecular weight excluding hydrogens is 250 g/mol. The lowest BCUT2D eigenvalue weighted by Crippen LogP contribution is -2.18. The molecule has 0 radical (unpaired) electrons. The summed E-state index contributed by atoms with van der Waals surface area (Å²) in [5.74, 6) is 0. The van der Waals surface area contributed by atoms with Gasteiger partial charge < -0.3 is 5.32 Å². The lowest BCUT2D eigenvalue weighted by Gasteiger charge is -2.15. The minimum absolute atomic E-state index is 0.360. The van der Waals surface area contributed by atoms with Crippen molar-refractivity contribution in [3.8, 4) is 0 Å². The summed E-state index contributed by atoms with van der Waals surface area (Å²) >= 11 is 7.80. The Kier molecular flexibility index (Phi) is 4.21. The fourth-order valence-corrected chi connectivity index (χ4v) is 2.90. The highest BCUT2D eigenvalue weighted by Gasteiger charge is 2.11. The normalized spacial score (nSPS) is 12.6. The van der Waals surface area contributed by atoms with Gasteiger partial charge in [-0.3, -0.25) is 0 Å². The first-order valence-corrected chi connectivity index (χ1v) is 6.91. The molecule has 1 N–H and O–H groups in total. The monoisotopic (exact) mass is 265 g/mol. The van der Waals surface area contributed by atoms with Gasteiger partial charge in [-0.05, 0) is 55.1 Å². The van der Waals surface area contributed by atoms with Crippen molar-refractivity contribution in [1.82, 2.24) is 5.32 Å². The predicted molar refractivity (Wildman–Crippen MR) is 76.0 cm³/mol. The average Bonchev–Trinajstić information content (AvgIpc) is 2.73. The molecule has 0 spiro atoms. The highest BCUT2D eigenvalue weighted by molar-refractivity contribution is 7.10. The highest BCUT2D eigenvalue weighted by Crippen LogP contribution is 2.24. The molecule has 0 aliphatic rings. The third-order valence-electron chi connectivity index (χ3n) is 2.83. The Balaban J connectivity index is 2.15. The van der Waals surface area contributed by atoms with Crippen LogP contribution in [0.5, 0.6) is 0 Å². The molecule has 1 heterocycles. The predicted octanol–water partition coefficient (Wildman–Crippen LogP) is 4.21. The number of aryl methyl sites for hydroxylation is 1. The van der Waals surface area contributed by atoms with Crippen molar-refractivity contribution in [3.63, 3.8) is 0 Å². The number of likely N-dealkylation sites (N-methyl/N-ethyl adjacent to an activating group) is 1.